The van der Waals surface area contributed by atoms with Crippen LogP contribution in [0.25, 0.3) is 0 Å². The Hall–Kier alpha value is -0.0900. The largest absolute Gasteiger partial charge is 0.626 e. The lowest BCUT2D eigenvalue weighted by Crippen LogP contribution is -2.78. The Morgan fingerprint density at radius 3 is 1.87 bits per heavy atom. The van der Waals surface area contributed by atoms with Crippen LogP contribution in [-0.2, 0) is 9.05 Å². The van der Waals surface area contributed by atoms with Crippen molar-refractivity contribution in [3.63, 3.8) is 0 Å². The van der Waals surface area contributed by atoms with Gasteiger partial charge in [-0.1, -0.05) is 0 Å². The van der Waals surface area contributed by atoms with Crippen LogP contribution in [0.2, 0.25) is 0 Å². The van der Waals surface area contributed by atoms with Crippen molar-refractivity contribution >= 4 is 7.94 Å². The fourth-order valence-corrected chi connectivity index (χ4v) is 3.43. The third kappa shape index (κ3) is 4.11. The van der Waals surface area contributed by atoms with E-state index in [-0.39, 0.29) is 13.2 Å². The molecule has 0 aliphatic heterocycles. The number of nitroso groups, excluding NO2 is 1. The zero-order chi connectivity index (χ0) is 12.1. The normalized spacial score (nSPS) is 15.1. The maximum absolute atomic E-state index is 12.3. The van der Waals surface area contributed by atoms with E-state index in [4.69, 9.17) is 9.05 Å². The molecule has 1 atom stereocenters. The van der Waals surface area contributed by atoms with Crippen LogP contribution in [0.15, 0.2) is 0 Å². The van der Waals surface area contributed by atoms with E-state index in [1.54, 1.807) is 19.0 Å². The van der Waals surface area contributed by atoms with E-state index in [1.807, 2.05) is 20.8 Å². The Bertz CT molecular complexity index is 199. The molecule has 90 valence electrons. The molecule has 0 spiro atoms. The average molecular weight is 238 g/mol. The van der Waals surface area contributed by atoms with Crippen molar-refractivity contribution in [2.45, 2.75) is 40.4 Å². The number of hydrogen-bond acceptors (Lipinski definition) is 4. The maximum Gasteiger partial charge on any atom is 0.348 e. The standard InChI is InChI=1S/C9H20NO4P/c1-6-13-15(12,14-7-2)8(10-11)9(3,4)5/h8H,6-7H2,1-5H3/p+1. The lowest BCUT2D eigenvalue weighted by atomic mass is 9.97. The van der Waals surface area contributed by atoms with Gasteiger partial charge in [-0.25, -0.2) is 9.05 Å². The molecule has 0 saturated carbocycles. The van der Waals surface area contributed by atoms with Gasteiger partial charge < -0.3 is 4.89 Å². The van der Waals surface area contributed by atoms with Crippen molar-refractivity contribution in [1.29, 1.82) is 0 Å². The van der Waals surface area contributed by atoms with E-state index < -0.39 is 19.1 Å². The molecule has 1 N–H and O–H groups in total. The molecule has 0 aromatic rings. The maximum atomic E-state index is 12.3. The highest BCUT2D eigenvalue weighted by atomic mass is 31.2. The Morgan fingerprint density at radius 1 is 1.27 bits per heavy atom. The first-order valence-electron chi connectivity index (χ1n) is 5.08. The molecule has 0 bridgehead atoms. The van der Waals surface area contributed by atoms with Crippen LogP contribution < -0.4 is 10.1 Å². The van der Waals surface area contributed by atoms with Crippen molar-refractivity contribution in [3.05, 3.63) is 4.91 Å². The topological polar surface area (TPSA) is 72.6 Å². The minimum absolute atomic E-state index is 0.255. The first-order chi connectivity index (χ1) is 6.81. The monoisotopic (exact) mass is 238 g/mol. The van der Waals surface area contributed by atoms with Crippen LogP contribution in [0.4, 0.5) is 0 Å². The van der Waals surface area contributed by atoms with Crippen LogP contribution in [0, 0.1) is 10.3 Å². The summed E-state index contributed by atoms with van der Waals surface area (Å²) in [5, 5.41) is 1.79. The lowest BCUT2D eigenvalue weighted by molar-refractivity contribution is -0.528. The molecule has 0 aliphatic rings. The predicted octanol–water partition coefficient (Wildman–Crippen LogP) is 0.401. The molecule has 0 aromatic carbocycles. The molecule has 5 nitrogen and oxygen atoms in total. The van der Waals surface area contributed by atoms with Crippen molar-refractivity contribution in [1.82, 2.24) is 0 Å². The van der Waals surface area contributed by atoms with Gasteiger partial charge in [0.15, 0.2) is 0 Å². The smallest absolute Gasteiger partial charge is 0.348 e. The molecule has 0 saturated heterocycles. The summed E-state index contributed by atoms with van der Waals surface area (Å²) in [6.45, 7) is 9.39. The molecule has 0 aromatic heterocycles. The summed E-state index contributed by atoms with van der Waals surface area (Å²) >= 11 is 0. The molecule has 0 aliphatic carbocycles. The Labute approximate surface area is 91.7 Å². The Kier molecular flexibility index (Phi) is 5.81. The van der Waals surface area contributed by atoms with Gasteiger partial charge in [-0.15, -0.1) is 0 Å². The molecular weight excluding hydrogens is 217 g/mol. The molecule has 15 heavy (non-hydrogen) atoms. The molecule has 0 rings (SSSR count). The molecule has 0 amide bonds. The summed E-state index contributed by atoms with van der Waals surface area (Å²) in [5.74, 6) is -0.843. The second-order valence-corrected chi connectivity index (χ2v) is 6.37. The van der Waals surface area contributed by atoms with E-state index in [2.05, 4.69) is 0 Å². The number of hydrogen-bond donors (Lipinski definition) is 1. The van der Waals surface area contributed by atoms with E-state index in [9.17, 15) is 9.80 Å². The van der Waals surface area contributed by atoms with Crippen LogP contribution in [0.5, 0.6) is 0 Å². The number of rotatable bonds is 6. The average Bonchev–Trinajstić information content (AvgIpc) is 2.02. The van der Waals surface area contributed by atoms with E-state index >= 15 is 0 Å². The summed E-state index contributed by atoms with van der Waals surface area (Å²) in [7, 11) is -3.37. The van der Waals surface area contributed by atoms with Gasteiger partial charge in [-0.05, 0) is 34.6 Å². The van der Waals surface area contributed by atoms with Crippen LogP contribution >= 0.6 is 7.94 Å². The highest BCUT2D eigenvalue weighted by molar-refractivity contribution is 7.59. The fourth-order valence-electron chi connectivity index (χ4n) is 1.26. The van der Waals surface area contributed by atoms with Gasteiger partial charge in [0.1, 0.15) is 0 Å². The third-order valence-corrected chi connectivity index (χ3v) is 4.61. The minimum atomic E-state index is -3.37. The summed E-state index contributed by atoms with van der Waals surface area (Å²) in [6.07, 6.45) is 0. The summed E-state index contributed by atoms with van der Waals surface area (Å²) in [5.41, 5.74) is -0.485. The first kappa shape index (κ1) is 14.9. The SMILES string of the molecule is CCO[P+]([O-])(OCC)C([NH+]=O)C(C)(C)C. The van der Waals surface area contributed by atoms with Gasteiger partial charge in [-0.3, -0.25) is 0 Å². The van der Waals surface area contributed by atoms with Gasteiger partial charge in [0.2, 0.25) is 0 Å². The Morgan fingerprint density at radius 2 is 1.67 bits per heavy atom. The molecule has 0 radical (unpaired) electrons. The van der Waals surface area contributed by atoms with E-state index in [0.717, 1.165) is 0 Å². The van der Waals surface area contributed by atoms with Crippen LogP contribution in [0.1, 0.15) is 34.6 Å². The lowest BCUT2D eigenvalue weighted by Gasteiger charge is -2.32. The summed E-state index contributed by atoms with van der Waals surface area (Å²) in [4.78, 5) is 23.2. The van der Waals surface area contributed by atoms with Gasteiger partial charge in [-0.2, -0.15) is 0 Å². The molecule has 1 unspecified atom stereocenters. The molecular formula is C9H21NO4P+. The van der Waals surface area contributed by atoms with E-state index in [1.165, 1.54) is 0 Å². The minimum Gasteiger partial charge on any atom is -0.626 e. The highest BCUT2D eigenvalue weighted by Gasteiger charge is 2.54. The zero-order valence-corrected chi connectivity index (χ0v) is 11.0. The second kappa shape index (κ2) is 5.85. The van der Waals surface area contributed by atoms with Gasteiger partial charge in [0, 0.05) is 10.1 Å². The molecule has 0 heterocycles. The molecule has 0 fully saturated rings. The third-order valence-electron chi connectivity index (χ3n) is 1.87. The predicted molar refractivity (Wildman–Crippen MR) is 57.7 cm³/mol. The summed E-state index contributed by atoms with van der Waals surface area (Å²) in [6, 6.07) is 0. The zero-order valence-electron chi connectivity index (χ0n) is 10.1. The highest BCUT2D eigenvalue weighted by Crippen LogP contribution is 2.58. The van der Waals surface area contributed by atoms with E-state index in [0.29, 0.717) is 0 Å². The van der Waals surface area contributed by atoms with Gasteiger partial charge in [0.25, 0.3) is 0 Å². The quantitative estimate of drug-likeness (QED) is 0.680. The van der Waals surface area contributed by atoms with Crippen molar-refractivity contribution in [2.75, 3.05) is 13.2 Å². The van der Waals surface area contributed by atoms with Crippen LogP contribution in [-0.4, -0.2) is 19.0 Å². The molecule has 6 heteroatoms. The van der Waals surface area contributed by atoms with Gasteiger partial charge >= 0.3 is 13.7 Å². The number of nitrogens with one attached hydrogen (secondary N) is 1. The van der Waals surface area contributed by atoms with Gasteiger partial charge in [0.05, 0.1) is 18.6 Å². The Balaban J connectivity index is 4.92. The summed E-state index contributed by atoms with van der Waals surface area (Å²) < 4.78 is 10.2. The van der Waals surface area contributed by atoms with Crippen LogP contribution in [0.3, 0.4) is 0 Å². The fraction of sp³-hybridized carbons (Fsp3) is 1.00. The van der Waals surface area contributed by atoms with Crippen molar-refractivity contribution in [2.24, 2.45) is 5.41 Å². The first-order valence-corrected chi connectivity index (χ1v) is 6.69. The van der Waals surface area contributed by atoms with Crippen molar-refractivity contribution in [3.8, 4) is 0 Å². The van der Waals surface area contributed by atoms with Crippen molar-refractivity contribution < 1.29 is 19.1 Å². The second-order valence-electron chi connectivity index (χ2n) is 4.26.